The van der Waals surface area contributed by atoms with Crippen LogP contribution in [0.3, 0.4) is 0 Å². The predicted octanol–water partition coefficient (Wildman–Crippen LogP) is 0.284. The Balaban J connectivity index is 1.83. The van der Waals surface area contributed by atoms with E-state index in [0.717, 1.165) is 25.1 Å². The molecule has 1 aliphatic rings. The van der Waals surface area contributed by atoms with Crippen LogP contribution in [0.2, 0.25) is 0 Å². The average molecular weight is 250 g/mol. The molecule has 0 spiro atoms. The third-order valence-electron chi connectivity index (χ3n) is 3.25. The maximum Gasteiger partial charge on any atom is 0.225 e. The van der Waals surface area contributed by atoms with Gasteiger partial charge in [0.2, 0.25) is 11.8 Å². The van der Waals surface area contributed by atoms with Crippen LogP contribution in [0, 0.1) is 5.92 Å². The van der Waals surface area contributed by atoms with E-state index in [4.69, 9.17) is 0 Å². The van der Waals surface area contributed by atoms with Crippen LogP contribution in [0.1, 0.15) is 25.5 Å². The summed E-state index contributed by atoms with van der Waals surface area (Å²) in [6.45, 7) is 3.30. The van der Waals surface area contributed by atoms with Gasteiger partial charge in [0.25, 0.3) is 0 Å². The molecule has 1 aliphatic heterocycles. The Morgan fingerprint density at radius 2 is 2.44 bits per heavy atom. The molecule has 98 valence electrons. The molecule has 1 saturated heterocycles. The van der Waals surface area contributed by atoms with E-state index in [0.29, 0.717) is 13.1 Å². The maximum absolute atomic E-state index is 12.0. The lowest BCUT2D eigenvalue weighted by molar-refractivity contribution is -0.134. The fourth-order valence-electron chi connectivity index (χ4n) is 2.19. The van der Waals surface area contributed by atoms with Crippen molar-refractivity contribution in [3.05, 3.63) is 18.2 Å². The van der Waals surface area contributed by atoms with Crippen molar-refractivity contribution in [1.29, 1.82) is 0 Å². The molecule has 0 saturated carbocycles. The second-order valence-corrected chi connectivity index (χ2v) is 4.60. The summed E-state index contributed by atoms with van der Waals surface area (Å²) in [5.74, 6) is -0.0396. The molecule has 1 aromatic heterocycles. The van der Waals surface area contributed by atoms with E-state index in [1.807, 2.05) is 0 Å². The Kier molecular flexibility index (Phi) is 3.96. The number of imidazole rings is 1. The minimum absolute atomic E-state index is 0.00977. The maximum atomic E-state index is 12.0. The van der Waals surface area contributed by atoms with Crippen molar-refractivity contribution in [1.82, 2.24) is 20.2 Å². The first-order chi connectivity index (χ1) is 8.66. The summed E-state index contributed by atoms with van der Waals surface area (Å²) in [5, 5.41) is 2.87. The molecule has 1 unspecified atom stereocenters. The lowest BCUT2D eigenvalue weighted by atomic mass is 9.97. The third-order valence-corrected chi connectivity index (χ3v) is 3.25. The fourth-order valence-corrected chi connectivity index (χ4v) is 2.19. The Morgan fingerprint density at radius 3 is 3.11 bits per heavy atom. The van der Waals surface area contributed by atoms with Gasteiger partial charge >= 0.3 is 0 Å². The molecule has 2 amide bonds. The highest BCUT2D eigenvalue weighted by atomic mass is 16.2. The number of carbonyl (C=O) groups is 2. The highest BCUT2D eigenvalue weighted by Gasteiger charge is 2.26. The second kappa shape index (κ2) is 5.66. The molecule has 1 fully saturated rings. The van der Waals surface area contributed by atoms with Gasteiger partial charge in [0.15, 0.2) is 0 Å². The number of aromatic nitrogens is 2. The number of aromatic amines is 1. The van der Waals surface area contributed by atoms with Gasteiger partial charge in [0.1, 0.15) is 0 Å². The quantitative estimate of drug-likeness (QED) is 0.809. The van der Waals surface area contributed by atoms with Gasteiger partial charge in [-0.3, -0.25) is 9.59 Å². The lowest BCUT2D eigenvalue weighted by Gasteiger charge is -2.31. The van der Waals surface area contributed by atoms with Gasteiger partial charge in [-0.15, -0.1) is 0 Å². The highest BCUT2D eigenvalue weighted by molar-refractivity contribution is 5.80. The largest absolute Gasteiger partial charge is 0.350 e. The number of H-pyrrole nitrogens is 1. The van der Waals surface area contributed by atoms with E-state index >= 15 is 0 Å². The van der Waals surface area contributed by atoms with Gasteiger partial charge in [-0.05, 0) is 12.8 Å². The summed E-state index contributed by atoms with van der Waals surface area (Å²) in [6, 6.07) is 0. The molecular formula is C12H18N4O2. The number of rotatable bonds is 3. The summed E-state index contributed by atoms with van der Waals surface area (Å²) < 4.78 is 0. The number of nitrogens with zero attached hydrogens (tertiary/aromatic N) is 2. The smallest absolute Gasteiger partial charge is 0.225 e. The molecule has 2 heterocycles. The number of likely N-dealkylation sites (tertiary alicyclic amines) is 1. The molecular weight excluding hydrogens is 232 g/mol. The predicted molar refractivity (Wildman–Crippen MR) is 65.4 cm³/mol. The van der Waals surface area contributed by atoms with Crippen LogP contribution in [0.4, 0.5) is 0 Å². The van der Waals surface area contributed by atoms with Gasteiger partial charge in [-0.1, -0.05) is 0 Å². The number of hydrogen-bond acceptors (Lipinski definition) is 3. The molecule has 0 bridgehead atoms. The van der Waals surface area contributed by atoms with E-state index in [2.05, 4.69) is 15.3 Å². The molecule has 0 aliphatic carbocycles. The SMILES string of the molecule is CC(=O)N1CCCC(C(=O)NCc2cnc[nH]2)C1. The molecule has 1 aromatic rings. The molecule has 18 heavy (non-hydrogen) atoms. The Labute approximate surface area is 106 Å². The fraction of sp³-hybridized carbons (Fsp3) is 0.583. The van der Waals surface area contributed by atoms with E-state index < -0.39 is 0 Å². The zero-order chi connectivity index (χ0) is 13.0. The first-order valence-corrected chi connectivity index (χ1v) is 6.17. The Bertz CT molecular complexity index is 416. The van der Waals surface area contributed by atoms with Crippen molar-refractivity contribution in [3.63, 3.8) is 0 Å². The number of piperidine rings is 1. The first-order valence-electron chi connectivity index (χ1n) is 6.17. The van der Waals surface area contributed by atoms with Gasteiger partial charge in [-0.2, -0.15) is 0 Å². The van der Waals surface area contributed by atoms with Crippen LogP contribution >= 0.6 is 0 Å². The average Bonchev–Trinajstić information content (AvgIpc) is 2.89. The summed E-state index contributed by atoms with van der Waals surface area (Å²) in [7, 11) is 0. The number of hydrogen-bond donors (Lipinski definition) is 2. The van der Waals surface area contributed by atoms with E-state index in [-0.39, 0.29) is 17.7 Å². The van der Waals surface area contributed by atoms with Crippen LogP contribution in [0.25, 0.3) is 0 Å². The number of nitrogens with one attached hydrogen (secondary N) is 2. The Hall–Kier alpha value is -1.85. The lowest BCUT2D eigenvalue weighted by Crippen LogP contribution is -2.44. The minimum atomic E-state index is -0.0921. The van der Waals surface area contributed by atoms with Crippen molar-refractivity contribution in [2.45, 2.75) is 26.3 Å². The van der Waals surface area contributed by atoms with Gasteiger partial charge in [0, 0.05) is 26.2 Å². The summed E-state index contributed by atoms with van der Waals surface area (Å²) in [6.07, 6.45) is 5.00. The molecule has 2 rings (SSSR count). The third kappa shape index (κ3) is 3.09. The van der Waals surface area contributed by atoms with Crippen molar-refractivity contribution >= 4 is 11.8 Å². The number of amides is 2. The molecule has 6 heteroatoms. The normalized spacial score (nSPS) is 19.6. The van der Waals surface area contributed by atoms with E-state index in [1.165, 1.54) is 0 Å². The molecule has 6 nitrogen and oxygen atoms in total. The summed E-state index contributed by atoms with van der Waals surface area (Å²) >= 11 is 0. The molecule has 1 atom stereocenters. The Morgan fingerprint density at radius 1 is 1.61 bits per heavy atom. The topological polar surface area (TPSA) is 78.1 Å². The van der Waals surface area contributed by atoms with Crippen LogP contribution in [0.5, 0.6) is 0 Å². The number of carbonyl (C=O) groups excluding carboxylic acids is 2. The van der Waals surface area contributed by atoms with E-state index in [9.17, 15) is 9.59 Å². The zero-order valence-corrected chi connectivity index (χ0v) is 10.5. The van der Waals surface area contributed by atoms with Crippen molar-refractivity contribution < 1.29 is 9.59 Å². The van der Waals surface area contributed by atoms with Crippen LogP contribution in [-0.4, -0.2) is 39.8 Å². The van der Waals surface area contributed by atoms with E-state index in [1.54, 1.807) is 24.3 Å². The minimum Gasteiger partial charge on any atom is -0.350 e. The standard InChI is InChI=1S/C12H18N4O2/c1-9(17)16-4-2-3-10(7-16)12(18)14-6-11-5-13-8-15-11/h5,8,10H,2-4,6-7H2,1H3,(H,13,15)(H,14,18). The second-order valence-electron chi connectivity index (χ2n) is 4.60. The molecule has 0 radical (unpaired) electrons. The first kappa shape index (κ1) is 12.6. The van der Waals surface area contributed by atoms with Gasteiger partial charge in [-0.25, -0.2) is 4.98 Å². The monoisotopic (exact) mass is 250 g/mol. The van der Waals surface area contributed by atoms with Gasteiger partial charge < -0.3 is 15.2 Å². The summed E-state index contributed by atoms with van der Waals surface area (Å²) in [4.78, 5) is 31.8. The zero-order valence-electron chi connectivity index (χ0n) is 10.5. The summed E-state index contributed by atoms with van der Waals surface area (Å²) in [5.41, 5.74) is 0.877. The van der Waals surface area contributed by atoms with Crippen LogP contribution in [-0.2, 0) is 16.1 Å². The van der Waals surface area contributed by atoms with Crippen molar-refractivity contribution in [2.75, 3.05) is 13.1 Å². The van der Waals surface area contributed by atoms with Gasteiger partial charge in [0.05, 0.1) is 24.5 Å². The van der Waals surface area contributed by atoms with Crippen molar-refractivity contribution in [2.24, 2.45) is 5.92 Å². The van der Waals surface area contributed by atoms with Crippen molar-refractivity contribution in [3.8, 4) is 0 Å². The molecule has 0 aromatic carbocycles. The van der Waals surface area contributed by atoms with Crippen LogP contribution < -0.4 is 5.32 Å². The van der Waals surface area contributed by atoms with Crippen LogP contribution in [0.15, 0.2) is 12.5 Å². The highest BCUT2D eigenvalue weighted by Crippen LogP contribution is 2.16. The molecule has 2 N–H and O–H groups in total.